The topological polar surface area (TPSA) is 82.1 Å². The summed E-state index contributed by atoms with van der Waals surface area (Å²) in [5.74, 6) is -2.76. The summed E-state index contributed by atoms with van der Waals surface area (Å²) in [4.78, 5) is 25.5. The van der Waals surface area contributed by atoms with Crippen molar-refractivity contribution in [3.8, 4) is 0 Å². The molecule has 7 nitrogen and oxygen atoms in total. The van der Waals surface area contributed by atoms with Crippen LogP contribution >= 0.6 is 0 Å². The van der Waals surface area contributed by atoms with Crippen LogP contribution in [0.4, 0.5) is 18.0 Å². The van der Waals surface area contributed by atoms with Crippen LogP contribution in [0.15, 0.2) is 30.3 Å². The van der Waals surface area contributed by atoms with Crippen molar-refractivity contribution in [3.63, 3.8) is 0 Å². The van der Waals surface area contributed by atoms with Crippen LogP contribution < -0.4 is 5.32 Å². The van der Waals surface area contributed by atoms with Crippen LogP contribution in [0.2, 0.25) is 0 Å². The second-order valence-corrected chi connectivity index (χ2v) is 6.58. The lowest BCUT2D eigenvalue weighted by Crippen LogP contribution is -2.61. The van der Waals surface area contributed by atoms with Crippen LogP contribution in [0.1, 0.15) is 12.5 Å². The molecule has 2 aliphatic rings. The maximum Gasteiger partial charge on any atom is 0.490 e. The molecule has 28 heavy (non-hydrogen) atoms. The molecule has 0 aromatic heterocycles. The monoisotopic (exact) mass is 403 g/mol. The Morgan fingerprint density at radius 1 is 1.14 bits per heavy atom. The first-order valence-corrected chi connectivity index (χ1v) is 8.93. The highest BCUT2D eigenvalue weighted by atomic mass is 19.4. The van der Waals surface area contributed by atoms with E-state index in [1.165, 1.54) is 0 Å². The number of rotatable bonds is 3. The largest absolute Gasteiger partial charge is 0.490 e. The molecular weight excluding hydrogens is 379 g/mol. The fourth-order valence-corrected chi connectivity index (χ4v) is 3.09. The van der Waals surface area contributed by atoms with E-state index >= 15 is 0 Å². The van der Waals surface area contributed by atoms with Crippen LogP contribution in [0.5, 0.6) is 0 Å². The second-order valence-electron chi connectivity index (χ2n) is 6.58. The SMILES string of the molecule is CCN1CC2CN(C(=O)NCc3ccccc3)CC(C1)O2.O=C(O)C(F)(F)F. The number of urea groups is 1. The summed E-state index contributed by atoms with van der Waals surface area (Å²) in [5.41, 5.74) is 1.12. The Kier molecular flexibility index (Phi) is 7.64. The summed E-state index contributed by atoms with van der Waals surface area (Å²) in [7, 11) is 0. The molecule has 1 aromatic rings. The van der Waals surface area contributed by atoms with Crippen molar-refractivity contribution in [3.05, 3.63) is 35.9 Å². The Morgan fingerprint density at radius 2 is 1.68 bits per heavy atom. The highest BCUT2D eigenvalue weighted by molar-refractivity contribution is 5.74. The van der Waals surface area contributed by atoms with Crippen LogP contribution in [0, 0.1) is 0 Å². The maximum atomic E-state index is 12.3. The lowest BCUT2D eigenvalue weighted by atomic mass is 10.1. The number of carbonyl (C=O) groups excluding carboxylic acids is 1. The highest BCUT2D eigenvalue weighted by Gasteiger charge is 2.38. The van der Waals surface area contributed by atoms with Gasteiger partial charge in [-0.2, -0.15) is 13.2 Å². The number of fused-ring (bicyclic) bond motifs is 2. The number of alkyl halides is 3. The molecule has 3 rings (SSSR count). The minimum absolute atomic E-state index is 0.0158. The maximum absolute atomic E-state index is 12.3. The zero-order valence-electron chi connectivity index (χ0n) is 15.5. The molecule has 2 N–H and O–H groups in total. The van der Waals surface area contributed by atoms with E-state index in [9.17, 15) is 18.0 Å². The van der Waals surface area contributed by atoms with E-state index in [1.807, 2.05) is 35.2 Å². The molecule has 0 aliphatic carbocycles. The Bertz CT molecular complexity index is 643. The normalized spacial score (nSPS) is 22.1. The van der Waals surface area contributed by atoms with Gasteiger partial charge in [0.25, 0.3) is 0 Å². The molecule has 2 aliphatic heterocycles. The number of nitrogens with zero attached hydrogens (tertiary/aromatic N) is 2. The molecule has 156 valence electrons. The number of benzene rings is 1. The number of aliphatic carboxylic acids is 1. The van der Waals surface area contributed by atoms with Gasteiger partial charge < -0.3 is 20.1 Å². The quantitative estimate of drug-likeness (QED) is 0.806. The van der Waals surface area contributed by atoms with E-state index in [1.54, 1.807) is 0 Å². The number of halogens is 3. The van der Waals surface area contributed by atoms with Crippen LogP contribution in [0.3, 0.4) is 0 Å². The number of morpholine rings is 2. The van der Waals surface area contributed by atoms with Gasteiger partial charge >= 0.3 is 18.2 Å². The van der Waals surface area contributed by atoms with E-state index in [-0.39, 0.29) is 18.2 Å². The molecule has 1 aromatic carbocycles. The van der Waals surface area contributed by atoms with Gasteiger partial charge in [0.2, 0.25) is 0 Å². The zero-order valence-corrected chi connectivity index (χ0v) is 15.5. The molecular formula is C18H24F3N3O4. The van der Waals surface area contributed by atoms with Gasteiger partial charge in [-0.1, -0.05) is 37.3 Å². The van der Waals surface area contributed by atoms with Gasteiger partial charge in [0.1, 0.15) is 0 Å². The predicted octanol–water partition coefficient (Wildman–Crippen LogP) is 1.93. The molecule has 0 radical (unpaired) electrons. The Morgan fingerprint density at radius 3 is 2.14 bits per heavy atom. The number of carbonyl (C=O) groups is 2. The van der Waals surface area contributed by atoms with Crippen molar-refractivity contribution in [1.29, 1.82) is 0 Å². The number of hydrogen-bond donors (Lipinski definition) is 2. The van der Waals surface area contributed by atoms with Crippen molar-refractivity contribution < 1.29 is 32.6 Å². The van der Waals surface area contributed by atoms with Crippen LogP contribution in [0.25, 0.3) is 0 Å². The third-order valence-electron chi connectivity index (χ3n) is 4.42. The van der Waals surface area contributed by atoms with Crippen molar-refractivity contribution in [2.24, 2.45) is 0 Å². The average molecular weight is 403 g/mol. The Balaban J connectivity index is 0.000000345. The van der Waals surface area contributed by atoms with Crippen LogP contribution in [-0.2, 0) is 16.1 Å². The van der Waals surface area contributed by atoms with Gasteiger partial charge in [-0.25, -0.2) is 9.59 Å². The van der Waals surface area contributed by atoms with Gasteiger partial charge in [0, 0.05) is 32.7 Å². The summed E-state index contributed by atoms with van der Waals surface area (Å²) in [5, 5.41) is 10.1. The Labute approximate surface area is 161 Å². The third kappa shape index (κ3) is 6.68. The van der Waals surface area contributed by atoms with E-state index in [4.69, 9.17) is 14.6 Å². The van der Waals surface area contributed by atoms with Crippen molar-refractivity contribution >= 4 is 12.0 Å². The predicted molar refractivity (Wildman–Crippen MR) is 94.7 cm³/mol. The number of ether oxygens (including phenoxy) is 1. The Hall–Kier alpha value is -2.33. The molecule has 0 saturated carbocycles. The fraction of sp³-hybridized carbons (Fsp3) is 0.556. The molecule has 2 amide bonds. The number of carboxylic acid groups (broad SMARTS) is 1. The van der Waals surface area contributed by atoms with E-state index in [0.717, 1.165) is 25.2 Å². The minimum Gasteiger partial charge on any atom is -0.475 e. The van der Waals surface area contributed by atoms with E-state index in [2.05, 4.69) is 17.1 Å². The average Bonchev–Trinajstić information content (AvgIpc) is 2.65. The van der Waals surface area contributed by atoms with Crippen molar-refractivity contribution in [2.45, 2.75) is 31.9 Å². The minimum atomic E-state index is -5.08. The second kappa shape index (κ2) is 9.74. The molecule has 2 unspecified atom stereocenters. The standard InChI is InChI=1S/C16H23N3O2.C2HF3O2/c1-2-18-9-14-11-19(12-15(10-18)21-14)16(20)17-8-13-6-4-3-5-7-13;3-2(4,5)1(6)7/h3-7,14-15H,2,8-12H2,1H3,(H,17,20);(H,6,7). The van der Waals surface area contributed by atoms with Gasteiger partial charge in [0.15, 0.2) is 0 Å². The summed E-state index contributed by atoms with van der Waals surface area (Å²) in [6.45, 7) is 7.03. The molecule has 2 fully saturated rings. The first kappa shape index (κ1) is 22.0. The molecule has 0 spiro atoms. The first-order valence-electron chi connectivity index (χ1n) is 8.93. The van der Waals surface area contributed by atoms with E-state index in [0.29, 0.717) is 19.6 Å². The number of hydrogen-bond acceptors (Lipinski definition) is 4. The molecule has 2 saturated heterocycles. The third-order valence-corrected chi connectivity index (χ3v) is 4.42. The molecule has 10 heteroatoms. The number of amides is 2. The lowest BCUT2D eigenvalue weighted by Gasteiger charge is -2.45. The van der Waals surface area contributed by atoms with Crippen molar-refractivity contribution in [1.82, 2.24) is 15.1 Å². The number of carboxylic acids is 1. The summed E-state index contributed by atoms with van der Waals surface area (Å²) >= 11 is 0. The smallest absolute Gasteiger partial charge is 0.475 e. The summed E-state index contributed by atoms with van der Waals surface area (Å²) < 4.78 is 37.7. The van der Waals surface area contributed by atoms with Gasteiger partial charge in [-0.15, -0.1) is 0 Å². The zero-order chi connectivity index (χ0) is 20.7. The first-order chi connectivity index (χ1) is 13.2. The van der Waals surface area contributed by atoms with Crippen molar-refractivity contribution in [2.75, 3.05) is 32.7 Å². The fourth-order valence-electron chi connectivity index (χ4n) is 3.09. The lowest BCUT2D eigenvalue weighted by molar-refractivity contribution is -0.192. The number of likely N-dealkylation sites (N-methyl/N-ethyl adjacent to an activating group) is 1. The highest BCUT2D eigenvalue weighted by Crippen LogP contribution is 2.19. The number of nitrogens with one attached hydrogen (secondary N) is 1. The summed E-state index contributed by atoms with van der Waals surface area (Å²) in [6, 6.07) is 10.0. The van der Waals surface area contributed by atoms with Gasteiger partial charge in [0.05, 0.1) is 12.2 Å². The van der Waals surface area contributed by atoms with Crippen LogP contribution in [-0.4, -0.2) is 78.0 Å². The van der Waals surface area contributed by atoms with E-state index < -0.39 is 12.1 Å². The summed E-state index contributed by atoms with van der Waals surface area (Å²) in [6.07, 6.45) is -4.78. The molecule has 2 atom stereocenters. The van der Waals surface area contributed by atoms with Gasteiger partial charge in [-0.05, 0) is 12.1 Å². The molecule has 2 heterocycles. The molecule has 2 bridgehead atoms. The van der Waals surface area contributed by atoms with Gasteiger partial charge in [-0.3, -0.25) is 4.90 Å².